The molecule has 0 unspecified atom stereocenters. The van der Waals surface area contributed by atoms with Crippen LogP contribution in [0.2, 0.25) is 0 Å². The molecule has 2 aromatic carbocycles. The summed E-state index contributed by atoms with van der Waals surface area (Å²) in [5, 5.41) is 0. The molecule has 0 spiro atoms. The number of carbonyl (C=O) groups excluding carboxylic acids is 3. The Kier molecular flexibility index (Phi) is 4.47. The van der Waals surface area contributed by atoms with Crippen LogP contribution in [0.4, 0.5) is 5.69 Å². The number of nitrogens with zero attached hydrogens (tertiary/aromatic N) is 2. The Balaban J connectivity index is 1.34. The normalized spacial score (nSPS) is 30.8. The molecule has 0 aromatic heterocycles. The SMILES string of the molecule is COc1cccc(C(=O)N(CN2C(=O)[C@H]3[C@@H]4C=C[C@@H]([C@H]5C[C@H]45)[C@@H]3C2=O)c2ccc(C)cc2)c1. The van der Waals surface area contributed by atoms with Crippen molar-refractivity contribution in [3.8, 4) is 5.75 Å². The summed E-state index contributed by atoms with van der Waals surface area (Å²) < 4.78 is 5.29. The van der Waals surface area contributed by atoms with Crippen molar-refractivity contribution < 1.29 is 19.1 Å². The van der Waals surface area contributed by atoms with E-state index in [4.69, 9.17) is 4.74 Å². The Labute approximate surface area is 192 Å². The minimum absolute atomic E-state index is 0.0848. The highest BCUT2D eigenvalue weighted by molar-refractivity contribution is 6.10. The van der Waals surface area contributed by atoms with Gasteiger partial charge in [-0.15, -0.1) is 0 Å². The Hall–Kier alpha value is -3.41. The monoisotopic (exact) mass is 442 g/mol. The quantitative estimate of drug-likeness (QED) is 0.524. The molecule has 2 saturated carbocycles. The maximum absolute atomic E-state index is 13.6. The van der Waals surface area contributed by atoms with Crippen LogP contribution in [0.5, 0.6) is 5.75 Å². The smallest absolute Gasteiger partial charge is 0.259 e. The third kappa shape index (κ3) is 3.04. The van der Waals surface area contributed by atoms with E-state index in [-0.39, 0.29) is 48.1 Å². The molecule has 1 aliphatic heterocycles. The fourth-order valence-corrected chi connectivity index (χ4v) is 6.20. The van der Waals surface area contributed by atoms with E-state index in [1.165, 1.54) is 9.80 Å². The topological polar surface area (TPSA) is 66.9 Å². The molecule has 33 heavy (non-hydrogen) atoms. The second-order valence-electron chi connectivity index (χ2n) is 9.70. The summed E-state index contributed by atoms with van der Waals surface area (Å²) in [5.41, 5.74) is 2.15. The summed E-state index contributed by atoms with van der Waals surface area (Å²) in [7, 11) is 1.55. The molecule has 5 aliphatic rings. The van der Waals surface area contributed by atoms with E-state index in [1.807, 2.05) is 31.2 Å². The van der Waals surface area contributed by atoms with Crippen molar-refractivity contribution in [3.63, 3.8) is 0 Å². The fourth-order valence-electron chi connectivity index (χ4n) is 6.20. The van der Waals surface area contributed by atoms with Crippen LogP contribution in [0.25, 0.3) is 0 Å². The van der Waals surface area contributed by atoms with Crippen molar-refractivity contribution >= 4 is 23.4 Å². The number of anilines is 1. The number of hydrogen-bond donors (Lipinski definition) is 0. The number of allylic oxidation sites excluding steroid dienone is 2. The first-order valence-electron chi connectivity index (χ1n) is 11.5. The summed E-state index contributed by atoms with van der Waals surface area (Å²) in [6, 6.07) is 14.5. The van der Waals surface area contributed by atoms with E-state index in [0.29, 0.717) is 28.8 Å². The van der Waals surface area contributed by atoms with Gasteiger partial charge in [0, 0.05) is 11.3 Å². The van der Waals surface area contributed by atoms with Gasteiger partial charge in [-0.1, -0.05) is 35.9 Å². The van der Waals surface area contributed by atoms with Crippen LogP contribution in [0.1, 0.15) is 22.3 Å². The van der Waals surface area contributed by atoms with Crippen LogP contribution in [0.3, 0.4) is 0 Å². The van der Waals surface area contributed by atoms with Gasteiger partial charge < -0.3 is 4.74 Å². The number of aryl methyl sites for hydroxylation is 1. The number of benzene rings is 2. The number of ether oxygens (including phenoxy) is 1. The van der Waals surface area contributed by atoms with Gasteiger partial charge in [-0.3, -0.25) is 24.2 Å². The van der Waals surface area contributed by atoms with Gasteiger partial charge in [0.25, 0.3) is 5.91 Å². The van der Waals surface area contributed by atoms with Gasteiger partial charge in [0.1, 0.15) is 12.4 Å². The Bertz CT molecular complexity index is 1150. The molecule has 7 rings (SSSR count). The van der Waals surface area contributed by atoms with Crippen molar-refractivity contribution in [3.05, 3.63) is 71.8 Å². The van der Waals surface area contributed by atoms with E-state index >= 15 is 0 Å². The third-order valence-electron chi connectivity index (χ3n) is 7.94. The number of methoxy groups -OCH3 is 1. The largest absolute Gasteiger partial charge is 0.497 e. The zero-order valence-electron chi connectivity index (χ0n) is 18.7. The van der Waals surface area contributed by atoms with Crippen LogP contribution in [0, 0.1) is 42.4 Å². The van der Waals surface area contributed by atoms with Gasteiger partial charge >= 0.3 is 0 Å². The maximum Gasteiger partial charge on any atom is 0.259 e. The summed E-state index contributed by atoms with van der Waals surface area (Å²) in [6.45, 7) is 1.89. The molecule has 4 aliphatic carbocycles. The molecule has 0 radical (unpaired) electrons. The number of rotatable bonds is 5. The second-order valence-corrected chi connectivity index (χ2v) is 9.70. The number of imide groups is 1. The molecule has 6 heteroatoms. The van der Waals surface area contributed by atoms with Gasteiger partial charge in [0.05, 0.1) is 18.9 Å². The zero-order valence-corrected chi connectivity index (χ0v) is 18.7. The Morgan fingerprint density at radius 3 is 2.24 bits per heavy atom. The van der Waals surface area contributed by atoms with Crippen molar-refractivity contribution in [2.45, 2.75) is 13.3 Å². The van der Waals surface area contributed by atoms with Crippen molar-refractivity contribution in [1.29, 1.82) is 0 Å². The maximum atomic E-state index is 13.6. The molecule has 1 heterocycles. The lowest BCUT2D eigenvalue weighted by Crippen LogP contribution is -2.45. The van der Waals surface area contributed by atoms with E-state index < -0.39 is 0 Å². The van der Waals surface area contributed by atoms with Gasteiger partial charge in [-0.05, 0) is 67.3 Å². The zero-order chi connectivity index (χ0) is 22.9. The molecule has 3 amide bonds. The molecule has 3 fully saturated rings. The number of amides is 3. The molecule has 2 aromatic rings. The lowest BCUT2D eigenvalue weighted by atomic mass is 9.63. The third-order valence-corrected chi connectivity index (χ3v) is 7.94. The predicted molar refractivity (Wildman–Crippen MR) is 122 cm³/mol. The van der Waals surface area contributed by atoms with E-state index in [1.54, 1.807) is 31.4 Å². The molecular weight excluding hydrogens is 416 g/mol. The minimum atomic E-state index is -0.280. The number of carbonyl (C=O) groups is 3. The van der Waals surface area contributed by atoms with Gasteiger partial charge in [-0.2, -0.15) is 0 Å². The molecule has 168 valence electrons. The lowest BCUT2D eigenvalue weighted by Gasteiger charge is -2.37. The molecule has 0 N–H and O–H groups in total. The first-order chi connectivity index (χ1) is 16.0. The molecule has 2 bridgehead atoms. The van der Waals surface area contributed by atoms with Gasteiger partial charge in [0.15, 0.2) is 0 Å². The Morgan fingerprint density at radius 2 is 1.64 bits per heavy atom. The average molecular weight is 443 g/mol. The first-order valence-corrected chi connectivity index (χ1v) is 11.5. The standard InChI is InChI=1S/C27H26N2O4/c1-15-6-8-17(9-7-15)28(25(30)16-4-3-5-18(12-16)33-2)14-29-26(31)23-19-10-11-20(22-13-21(19)22)24(23)27(29)32/h3-12,19-24H,13-14H2,1-2H3/t19-,20+,21-,22-,23+,24+/m1/s1. The molecule has 6 nitrogen and oxygen atoms in total. The average Bonchev–Trinajstić information content (AvgIpc) is 3.63. The summed E-state index contributed by atoms with van der Waals surface area (Å²) in [4.78, 5) is 43.5. The number of hydrogen-bond acceptors (Lipinski definition) is 4. The van der Waals surface area contributed by atoms with Crippen LogP contribution >= 0.6 is 0 Å². The predicted octanol–water partition coefficient (Wildman–Crippen LogP) is 3.66. The highest BCUT2D eigenvalue weighted by Gasteiger charge is 2.67. The Morgan fingerprint density at radius 1 is 1.00 bits per heavy atom. The van der Waals surface area contributed by atoms with E-state index in [0.717, 1.165) is 12.0 Å². The van der Waals surface area contributed by atoms with Crippen LogP contribution in [-0.2, 0) is 9.59 Å². The highest BCUT2D eigenvalue weighted by Crippen LogP contribution is 2.65. The van der Waals surface area contributed by atoms with Gasteiger partial charge in [-0.25, -0.2) is 0 Å². The summed E-state index contributed by atoms with van der Waals surface area (Å²) >= 11 is 0. The minimum Gasteiger partial charge on any atom is -0.497 e. The van der Waals surface area contributed by atoms with Crippen LogP contribution in [0.15, 0.2) is 60.7 Å². The summed E-state index contributed by atoms with van der Waals surface area (Å²) in [6.07, 6.45) is 5.45. The molecule has 6 atom stereocenters. The second kappa shape index (κ2) is 7.30. The van der Waals surface area contributed by atoms with Crippen molar-refractivity contribution in [2.75, 3.05) is 18.7 Å². The van der Waals surface area contributed by atoms with Gasteiger partial charge in [0.2, 0.25) is 11.8 Å². The van der Waals surface area contributed by atoms with E-state index in [9.17, 15) is 14.4 Å². The fraction of sp³-hybridized carbons (Fsp3) is 0.370. The molecular formula is C27H26N2O4. The van der Waals surface area contributed by atoms with Crippen molar-refractivity contribution in [1.82, 2.24) is 4.90 Å². The van der Waals surface area contributed by atoms with Crippen LogP contribution < -0.4 is 9.64 Å². The van der Waals surface area contributed by atoms with E-state index in [2.05, 4.69) is 12.2 Å². The summed E-state index contributed by atoms with van der Waals surface area (Å²) in [5.74, 6) is 0.889. The first kappa shape index (κ1) is 20.2. The lowest BCUT2D eigenvalue weighted by molar-refractivity contribution is -0.140. The van der Waals surface area contributed by atoms with Crippen molar-refractivity contribution in [2.24, 2.45) is 35.5 Å². The number of likely N-dealkylation sites (tertiary alicyclic amines) is 1. The molecule has 1 saturated heterocycles. The highest BCUT2D eigenvalue weighted by atomic mass is 16.5. The van der Waals surface area contributed by atoms with Crippen LogP contribution in [-0.4, -0.2) is 36.4 Å².